The zero-order chi connectivity index (χ0) is 18.0. The average Bonchev–Trinajstić information content (AvgIpc) is 3.31. The molecule has 1 fully saturated rings. The van der Waals surface area contributed by atoms with Crippen LogP contribution >= 0.6 is 0 Å². The minimum absolute atomic E-state index is 0.223. The maximum absolute atomic E-state index is 4.51. The predicted octanol–water partition coefficient (Wildman–Crippen LogP) is 5.94. The van der Waals surface area contributed by atoms with Gasteiger partial charge in [0.05, 0.1) is 0 Å². The van der Waals surface area contributed by atoms with Crippen molar-refractivity contribution in [1.82, 2.24) is 9.97 Å². The summed E-state index contributed by atoms with van der Waals surface area (Å²) in [6.07, 6.45) is 6.66. The molecule has 0 N–H and O–H groups in total. The summed E-state index contributed by atoms with van der Waals surface area (Å²) in [6, 6.07) is 8.61. The monoisotopic (exact) mass is 324 g/mol. The molecule has 0 aliphatic heterocycles. The lowest BCUT2D eigenvalue weighted by atomic mass is 9.88. The van der Waals surface area contributed by atoms with E-state index in [0.29, 0.717) is 0 Å². The van der Waals surface area contributed by atoms with Gasteiger partial charge >= 0.3 is 0 Å². The highest BCUT2D eigenvalue weighted by Gasteiger charge is 2.25. The molecule has 2 nitrogen and oxygen atoms in total. The van der Waals surface area contributed by atoms with Crippen LogP contribution in [-0.2, 0) is 10.8 Å². The van der Waals surface area contributed by atoms with Gasteiger partial charge in [0.2, 0.25) is 0 Å². The van der Waals surface area contributed by atoms with Crippen LogP contribution in [0.2, 0.25) is 0 Å². The topological polar surface area (TPSA) is 25.8 Å². The average molecular weight is 325 g/mol. The SMILES string of the molecule is CC(C)(C)c1ccc(C2CC2)nc1.Cc1ccc(C(C)(C)C)cn1. The van der Waals surface area contributed by atoms with Crippen LogP contribution in [0.1, 0.15) is 82.8 Å². The van der Waals surface area contributed by atoms with Crippen LogP contribution in [0.4, 0.5) is 0 Å². The number of nitrogens with zero attached hydrogens (tertiary/aromatic N) is 2. The standard InChI is InChI=1S/C12H17N.C10H15N/c1-12(2,3)10-6-7-11(13-8-10)9-4-5-9;1-8-5-6-9(7-11-8)10(2,3)4/h6-9H,4-5H2,1-3H3;5-7H,1-4H3. The molecule has 1 aliphatic carbocycles. The Morgan fingerprint density at radius 3 is 1.58 bits per heavy atom. The normalized spacial score (nSPS) is 14.8. The molecule has 2 heterocycles. The van der Waals surface area contributed by atoms with E-state index in [0.717, 1.165) is 11.6 Å². The van der Waals surface area contributed by atoms with Crippen molar-refractivity contribution in [3.05, 3.63) is 59.2 Å². The van der Waals surface area contributed by atoms with Gasteiger partial charge in [0.15, 0.2) is 0 Å². The molecule has 0 unspecified atom stereocenters. The van der Waals surface area contributed by atoms with Gasteiger partial charge in [-0.3, -0.25) is 9.97 Å². The first kappa shape index (κ1) is 18.6. The van der Waals surface area contributed by atoms with Crippen molar-refractivity contribution in [3.63, 3.8) is 0 Å². The van der Waals surface area contributed by atoms with E-state index >= 15 is 0 Å². The van der Waals surface area contributed by atoms with Gasteiger partial charge < -0.3 is 0 Å². The highest BCUT2D eigenvalue weighted by molar-refractivity contribution is 5.24. The molecule has 24 heavy (non-hydrogen) atoms. The molecule has 0 aromatic carbocycles. The number of aryl methyl sites for hydroxylation is 1. The van der Waals surface area contributed by atoms with Gasteiger partial charge in [0.1, 0.15) is 0 Å². The van der Waals surface area contributed by atoms with E-state index < -0.39 is 0 Å². The van der Waals surface area contributed by atoms with Crippen LogP contribution in [0.15, 0.2) is 36.7 Å². The van der Waals surface area contributed by atoms with E-state index in [1.165, 1.54) is 29.7 Å². The van der Waals surface area contributed by atoms with Crippen LogP contribution in [-0.4, -0.2) is 9.97 Å². The summed E-state index contributed by atoms with van der Waals surface area (Å²) in [5, 5.41) is 0. The Kier molecular flexibility index (Phi) is 5.47. The van der Waals surface area contributed by atoms with E-state index in [2.05, 4.69) is 75.8 Å². The third-order valence-electron chi connectivity index (χ3n) is 4.43. The molecule has 0 radical (unpaired) electrons. The Balaban J connectivity index is 0.000000177. The second kappa shape index (κ2) is 7.04. The molecule has 2 heteroatoms. The molecule has 0 bridgehead atoms. The first-order valence-electron chi connectivity index (χ1n) is 8.97. The molecule has 2 aromatic rings. The molecule has 1 aliphatic rings. The Labute approximate surface area is 147 Å². The van der Waals surface area contributed by atoms with Gasteiger partial charge in [-0.2, -0.15) is 0 Å². The summed E-state index contributed by atoms with van der Waals surface area (Å²) in [7, 11) is 0. The number of pyridine rings is 2. The third-order valence-corrected chi connectivity index (χ3v) is 4.43. The third kappa shape index (κ3) is 5.43. The van der Waals surface area contributed by atoms with Crippen LogP contribution < -0.4 is 0 Å². The molecular weight excluding hydrogens is 292 g/mol. The van der Waals surface area contributed by atoms with E-state index in [4.69, 9.17) is 0 Å². The largest absolute Gasteiger partial charge is 0.261 e. The molecule has 0 saturated heterocycles. The molecular formula is C22H32N2. The van der Waals surface area contributed by atoms with Crippen LogP contribution in [0, 0.1) is 6.92 Å². The fourth-order valence-electron chi connectivity index (χ4n) is 2.38. The lowest BCUT2D eigenvalue weighted by Gasteiger charge is -2.18. The van der Waals surface area contributed by atoms with Gasteiger partial charge in [-0.25, -0.2) is 0 Å². The van der Waals surface area contributed by atoms with Crippen molar-refractivity contribution in [2.24, 2.45) is 0 Å². The maximum atomic E-state index is 4.51. The van der Waals surface area contributed by atoms with Crippen molar-refractivity contribution in [2.45, 2.75) is 78.1 Å². The Bertz CT molecular complexity index is 636. The lowest BCUT2D eigenvalue weighted by molar-refractivity contribution is 0.586. The summed E-state index contributed by atoms with van der Waals surface area (Å²) in [6.45, 7) is 15.3. The summed E-state index contributed by atoms with van der Waals surface area (Å²) in [5.41, 5.74) is 5.45. The summed E-state index contributed by atoms with van der Waals surface area (Å²) in [4.78, 5) is 8.75. The fraction of sp³-hybridized carbons (Fsp3) is 0.545. The van der Waals surface area contributed by atoms with Gasteiger partial charge in [0, 0.05) is 29.7 Å². The molecule has 0 spiro atoms. The maximum Gasteiger partial charge on any atom is 0.0434 e. The summed E-state index contributed by atoms with van der Waals surface area (Å²) < 4.78 is 0. The minimum atomic E-state index is 0.223. The molecule has 1 saturated carbocycles. The first-order chi connectivity index (χ1) is 11.1. The molecule has 2 aromatic heterocycles. The quantitative estimate of drug-likeness (QED) is 0.648. The number of rotatable bonds is 1. The molecule has 0 amide bonds. The minimum Gasteiger partial charge on any atom is -0.261 e. The summed E-state index contributed by atoms with van der Waals surface area (Å²) in [5.74, 6) is 0.772. The first-order valence-corrected chi connectivity index (χ1v) is 8.97. The molecule has 130 valence electrons. The fourth-order valence-corrected chi connectivity index (χ4v) is 2.38. The zero-order valence-electron chi connectivity index (χ0n) is 16.4. The number of hydrogen-bond donors (Lipinski definition) is 0. The second-order valence-corrected chi connectivity index (χ2v) is 8.93. The van der Waals surface area contributed by atoms with Crippen LogP contribution in [0.25, 0.3) is 0 Å². The predicted molar refractivity (Wildman–Crippen MR) is 103 cm³/mol. The smallest absolute Gasteiger partial charge is 0.0434 e. The molecule has 3 rings (SSSR count). The van der Waals surface area contributed by atoms with Crippen molar-refractivity contribution < 1.29 is 0 Å². The molecule has 0 atom stereocenters. The summed E-state index contributed by atoms with van der Waals surface area (Å²) >= 11 is 0. The van der Waals surface area contributed by atoms with Crippen molar-refractivity contribution in [1.29, 1.82) is 0 Å². The van der Waals surface area contributed by atoms with E-state index in [1.807, 2.05) is 19.3 Å². The van der Waals surface area contributed by atoms with Crippen molar-refractivity contribution in [3.8, 4) is 0 Å². The highest BCUT2D eigenvalue weighted by Crippen LogP contribution is 2.39. The van der Waals surface area contributed by atoms with E-state index in [1.54, 1.807) is 0 Å². The number of aromatic nitrogens is 2. The number of hydrogen-bond acceptors (Lipinski definition) is 2. The van der Waals surface area contributed by atoms with Gasteiger partial charge in [0.25, 0.3) is 0 Å². The Hall–Kier alpha value is -1.70. The van der Waals surface area contributed by atoms with Gasteiger partial charge in [-0.05, 0) is 53.9 Å². The highest BCUT2D eigenvalue weighted by atomic mass is 14.7. The van der Waals surface area contributed by atoms with Crippen molar-refractivity contribution >= 4 is 0 Å². The Morgan fingerprint density at radius 2 is 1.25 bits per heavy atom. The van der Waals surface area contributed by atoms with Crippen LogP contribution in [0.5, 0.6) is 0 Å². The van der Waals surface area contributed by atoms with Gasteiger partial charge in [-0.1, -0.05) is 53.7 Å². The van der Waals surface area contributed by atoms with Crippen LogP contribution in [0.3, 0.4) is 0 Å². The van der Waals surface area contributed by atoms with E-state index in [9.17, 15) is 0 Å². The second-order valence-electron chi connectivity index (χ2n) is 8.93. The lowest BCUT2D eigenvalue weighted by Crippen LogP contribution is -2.11. The van der Waals surface area contributed by atoms with E-state index in [-0.39, 0.29) is 10.8 Å². The zero-order valence-corrected chi connectivity index (χ0v) is 16.4. The van der Waals surface area contributed by atoms with Gasteiger partial charge in [-0.15, -0.1) is 0 Å². The Morgan fingerprint density at radius 1 is 0.750 bits per heavy atom. The van der Waals surface area contributed by atoms with Crippen molar-refractivity contribution in [2.75, 3.05) is 0 Å².